The smallest absolute Gasteiger partial charge is 0.336 e. The number of fused-ring (bicyclic) bond motifs is 2. The van der Waals surface area contributed by atoms with E-state index in [4.69, 9.17) is 23.0 Å². The first kappa shape index (κ1) is 17.7. The van der Waals surface area contributed by atoms with Crippen LogP contribution in [-0.2, 0) is 4.74 Å². The van der Waals surface area contributed by atoms with Gasteiger partial charge in [0.1, 0.15) is 25.1 Å². The molecule has 1 saturated heterocycles. The summed E-state index contributed by atoms with van der Waals surface area (Å²) >= 11 is 0. The van der Waals surface area contributed by atoms with Crippen LogP contribution in [-0.4, -0.2) is 24.9 Å². The molecule has 1 unspecified atom stereocenters. The van der Waals surface area contributed by atoms with Crippen LogP contribution in [0.3, 0.4) is 0 Å². The predicted octanol–water partition coefficient (Wildman–Crippen LogP) is 4.44. The number of benzene rings is 1. The number of epoxide rings is 1. The average molecular weight is 370 g/mol. The van der Waals surface area contributed by atoms with Crippen LogP contribution in [0.15, 0.2) is 49.7 Å². The van der Waals surface area contributed by atoms with E-state index in [9.17, 15) is 4.79 Å². The van der Waals surface area contributed by atoms with Crippen molar-refractivity contribution < 1.29 is 23.0 Å². The fraction of sp³-hybridized carbons (Fsp3) is 0.381. The molecule has 2 aromatic heterocycles. The highest BCUT2D eigenvalue weighted by molar-refractivity contribution is 6.06. The van der Waals surface area contributed by atoms with Crippen molar-refractivity contribution in [3.63, 3.8) is 0 Å². The number of furan rings is 1. The van der Waals surface area contributed by atoms with Crippen molar-refractivity contribution >= 4 is 21.9 Å². The summed E-state index contributed by atoms with van der Waals surface area (Å²) in [5, 5.41) is 1.43. The number of allylic oxidation sites excluding steroid dienone is 1. The van der Waals surface area contributed by atoms with Gasteiger partial charge in [0.2, 0.25) is 5.75 Å². The Balaban J connectivity index is 1.81. The van der Waals surface area contributed by atoms with E-state index < -0.39 is 5.63 Å². The first-order chi connectivity index (χ1) is 12.9. The zero-order valence-corrected chi connectivity index (χ0v) is 15.8. The Labute approximate surface area is 156 Å². The Morgan fingerprint density at radius 1 is 1.11 bits per heavy atom. The molecule has 4 rings (SSSR count). The summed E-state index contributed by atoms with van der Waals surface area (Å²) < 4.78 is 28.7. The molecule has 3 heterocycles. The minimum Gasteiger partial charge on any atom is -0.489 e. The third kappa shape index (κ3) is 3.32. The molecule has 0 aliphatic carbocycles. The predicted molar refractivity (Wildman–Crippen MR) is 102 cm³/mol. The van der Waals surface area contributed by atoms with Crippen LogP contribution in [0, 0.1) is 0 Å². The summed E-state index contributed by atoms with van der Waals surface area (Å²) in [6.07, 6.45) is 3.54. The van der Waals surface area contributed by atoms with E-state index in [1.165, 1.54) is 6.07 Å². The lowest BCUT2D eigenvalue weighted by Crippen LogP contribution is -2.12. The highest BCUT2D eigenvalue weighted by Crippen LogP contribution is 2.44. The van der Waals surface area contributed by atoms with E-state index in [2.05, 4.69) is 0 Å². The van der Waals surface area contributed by atoms with Gasteiger partial charge in [-0.3, -0.25) is 0 Å². The largest absolute Gasteiger partial charge is 0.489 e. The molecular formula is C21H22O6. The molecule has 0 amide bonds. The van der Waals surface area contributed by atoms with Crippen molar-refractivity contribution in [1.82, 2.24) is 0 Å². The fourth-order valence-electron chi connectivity index (χ4n) is 2.98. The van der Waals surface area contributed by atoms with Crippen LogP contribution in [0.5, 0.6) is 11.5 Å². The van der Waals surface area contributed by atoms with E-state index in [1.807, 2.05) is 39.8 Å². The zero-order valence-electron chi connectivity index (χ0n) is 15.8. The second kappa shape index (κ2) is 6.46. The Morgan fingerprint density at radius 2 is 1.85 bits per heavy atom. The molecule has 1 aromatic carbocycles. The van der Waals surface area contributed by atoms with Gasteiger partial charge in [0.15, 0.2) is 11.2 Å². The van der Waals surface area contributed by atoms with Crippen LogP contribution in [0.25, 0.3) is 21.9 Å². The second-order valence-electron chi connectivity index (χ2n) is 7.43. The molecule has 6 heteroatoms. The number of hydrogen-bond acceptors (Lipinski definition) is 6. The summed E-state index contributed by atoms with van der Waals surface area (Å²) in [5.74, 6) is 0.994. The van der Waals surface area contributed by atoms with E-state index in [-0.39, 0.29) is 11.7 Å². The number of ether oxygens (including phenoxy) is 3. The molecule has 3 aromatic rings. The molecule has 142 valence electrons. The van der Waals surface area contributed by atoms with E-state index in [0.29, 0.717) is 41.3 Å². The molecule has 1 fully saturated rings. The van der Waals surface area contributed by atoms with Gasteiger partial charge in [-0.1, -0.05) is 5.57 Å². The van der Waals surface area contributed by atoms with Crippen LogP contribution >= 0.6 is 0 Å². The van der Waals surface area contributed by atoms with Crippen LogP contribution in [0.4, 0.5) is 0 Å². The molecule has 1 atom stereocenters. The summed E-state index contributed by atoms with van der Waals surface area (Å²) in [7, 11) is 0. The van der Waals surface area contributed by atoms with Gasteiger partial charge in [-0.25, -0.2) is 4.79 Å². The maximum atomic E-state index is 11.8. The van der Waals surface area contributed by atoms with Crippen LogP contribution in [0.1, 0.15) is 27.7 Å². The third-order valence-electron chi connectivity index (χ3n) is 4.66. The Bertz CT molecular complexity index is 1080. The van der Waals surface area contributed by atoms with Crippen molar-refractivity contribution in [2.75, 3.05) is 13.2 Å². The molecule has 0 saturated carbocycles. The molecule has 6 nitrogen and oxygen atoms in total. The standard InChI is InChI=1S/C21H22O6/c1-12(2)7-9-24-20-18-14(8-10-23-18)17(25-11-15-21(3,4)27-15)13-5-6-16(22)26-19(13)20/h5-8,10,15H,9,11H2,1-4H3. The van der Waals surface area contributed by atoms with Crippen molar-refractivity contribution in [2.24, 2.45) is 0 Å². The van der Waals surface area contributed by atoms with Gasteiger partial charge in [-0.15, -0.1) is 0 Å². The Morgan fingerprint density at radius 3 is 2.56 bits per heavy atom. The highest BCUT2D eigenvalue weighted by Gasteiger charge is 2.48. The highest BCUT2D eigenvalue weighted by atomic mass is 16.6. The normalized spacial score (nSPS) is 17.9. The lowest BCUT2D eigenvalue weighted by atomic mass is 10.1. The summed E-state index contributed by atoms with van der Waals surface area (Å²) in [6.45, 7) is 8.76. The first-order valence-corrected chi connectivity index (χ1v) is 8.90. The van der Waals surface area contributed by atoms with Crippen molar-refractivity contribution in [3.05, 3.63) is 46.5 Å². The Kier molecular flexibility index (Phi) is 4.23. The van der Waals surface area contributed by atoms with Gasteiger partial charge in [0.05, 0.1) is 22.6 Å². The fourth-order valence-corrected chi connectivity index (χ4v) is 2.98. The summed E-state index contributed by atoms with van der Waals surface area (Å²) in [4.78, 5) is 11.8. The molecule has 0 radical (unpaired) electrons. The summed E-state index contributed by atoms with van der Waals surface area (Å²) in [6, 6.07) is 4.88. The third-order valence-corrected chi connectivity index (χ3v) is 4.66. The van der Waals surface area contributed by atoms with Crippen molar-refractivity contribution in [3.8, 4) is 11.5 Å². The van der Waals surface area contributed by atoms with Crippen molar-refractivity contribution in [2.45, 2.75) is 39.4 Å². The first-order valence-electron chi connectivity index (χ1n) is 8.90. The lowest BCUT2D eigenvalue weighted by Gasteiger charge is -2.13. The lowest BCUT2D eigenvalue weighted by molar-refractivity contribution is 0.257. The van der Waals surface area contributed by atoms with E-state index in [1.54, 1.807) is 12.3 Å². The molecule has 0 bridgehead atoms. The van der Waals surface area contributed by atoms with Gasteiger partial charge in [-0.05, 0) is 45.9 Å². The number of hydrogen-bond donors (Lipinski definition) is 0. The number of rotatable bonds is 6. The van der Waals surface area contributed by atoms with Crippen LogP contribution < -0.4 is 15.1 Å². The van der Waals surface area contributed by atoms with Gasteiger partial charge < -0.3 is 23.0 Å². The SMILES string of the molecule is CC(C)=CCOc1c2occc2c(OCC2OC2(C)C)c2ccc(=O)oc12. The molecular weight excluding hydrogens is 348 g/mol. The second-order valence-corrected chi connectivity index (χ2v) is 7.43. The van der Waals surface area contributed by atoms with Gasteiger partial charge >= 0.3 is 5.63 Å². The monoisotopic (exact) mass is 370 g/mol. The molecule has 0 N–H and O–H groups in total. The topological polar surface area (TPSA) is 74.3 Å². The molecule has 27 heavy (non-hydrogen) atoms. The van der Waals surface area contributed by atoms with Gasteiger partial charge in [0, 0.05) is 6.07 Å². The molecule has 1 aliphatic rings. The Hall–Kier alpha value is -2.73. The maximum Gasteiger partial charge on any atom is 0.336 e. The van der Waals surface area contributed by atoms with E-state index in [0.717, 1.165) is 11.0 Å². The molecule has 1 aliphatic heterocycles. The average Bonchev–Trinajstić information content (AvgIpc) is 3.00. The van der Waals surface area contributed by atoms with Gasteiger partial charge in [-0.2, -0.15) is 0 Å². The summed E-state index contributed by atoms with van der Waals surface area (Å²) in [5.41, 5.74) is 1.30. The zero-order chi connectivity index (χ0) is 19.2. The van der Waals surface area contributed by atoms with E-state index >= 15 is 0 Å². The minimum atomic E-state index is -0.460. The quantitative estimate of drug-likeness (QED) is 0.363. The minimum absolute atomic E-state index is 0.0267. The van der Waals surface area contributed by atoms with Gasteiger partial charge in [0.25, 0.3) is 0 Å². The van der Waals surface area contributed by atoms with Crippen LogP contribution in [0.2, 0.25) is 0 Å². The molecule has 0 spiro atoms. The van der Waals surface area contributed by atoms with Crippen molar-refractivity contribution in [1.29, 1.82) is 0 Å². The maximum absolute atomic E-state index is 11.8.